The van der Waals surface area contributed by atoms with Gasteiger partial charge >= 0.3 is 0 Å². The van der Waals surface area contributed by atoms with E-state index in [0.29, 0.717) is 25.1 Å². The zero-order valence-corrected chi connectivity index (χ0v) is 10.2. The standard InChI is InChI=1S/C10H20N2O2.ClH/c1-8-7-9(3-5-11-8)12-10(13)4-6-14-2;/h8-9,11H,3-7H2,1-2H3,(H,12,13);1H. The summed E-state index contributed by atoms with van der Waals surface area (Å²) in [5.41, 5.74) is 0. The van der Waals surface area contributed by atoms with Gasteiger partial charge in [0.05, 0.1) is 6.61 Å². The zero-order valence-electron chi connectivity index (χ0n) is 9.41. The van der Waals surface area contributed by atoms with Crippen LogP contribution in [0.3, 0.4) is 0 Å². The Hall–Kier alpha value is -0.320. The van der Waals surface area contributed by atoms with Gasteiger partial charge in [-0.3, -0.25) is 4.79 Å². The van der Waals surface area contributed by atoms with Crippen molar-refractivity contribution >= 4 is 18.3 Å². The van der Waals surface area contributed by atoms with Gasteiger partial charge in [-0.2, -0.15) is 0 Å². The number of methoxy groups -OCH3 is 1. The monoisotopic (exact) mass is 236 g/mol. The third-order valence-corrected chi connectivity index (χ3v) is 2.52. The fraction of sp³-hybridized carbons (Fsp3) is 0.900. The summed E-state index contributed by atoms with van der Waals surface area (Å²) in [5, 5.41) is 6.38. The molecule has 0 radical (unpaired) electrons. The molecule has 0 saturated carbocycles. The van der Waals surface area contributed by atoms with E-state index in [1.54, 1.807) is 7.11 Å². The van der Waals surface area contributed by atoms with Crippen molar-refractivity contribution in [2.45, 2.75) is 38.3 Å². The number of piperidine rings is 1. The lowest BCUT2D eigenvalue weighted by Gasteiger charge is -2.28. The zero-order chi connectivity index (χ0) is 10.4. The van der Waals surface area contributed by atoms with Gasteiger partial charge in [-0.05, 0) is 26.3 Å². The molecule has 2 atom stereocenters. The first-order valence-electron chi connectivity index (χ1n) is 5.24. The summed E-state index contributed by atoms with van der Waals surface area (Å²) in [5.74, 6) is 0.103. The van der Waals surface area contributed by atoms with Crippen molar-refractivity contribution in [3.63, 3.8) is 0 Å². The minimum absolute atomic E-state index is 0. The largest absolute Gasteiger partial charge is 0.384 e. The average molecular weight is 237 g/mol. The maximum absolute atomic E-state index is 11.4. The Bertz CT molecular complexity index is 190. The Kier molecular flexibility index (Phi) is 7.74. The second-order valence-electron chi connectivity index (χ2n) is 3.89. The second kappa shape index (κ2) is 7.91. The van der Waals surface area contributed by atoms with Crippen molar-refractivity contribution in [1.29, 1.82) is 0 Å². The Morgan fingerprint density at radius 1 is 1.60 bits per heavy atom. The number of hydrogen-bond donors (Lipinski definition) is 2. The maximum atomic E-state index is 11.4. The van der Waals surface area contributed by atoms with E-state index in [9.17, 15) is 4.79 Å². The van der Waals surface area contributed by atoms with Crippen molar-refractivity contribution in [1.82, 2.24) is 10.6 Å². The lowest BCUT2D eigenvalue weighted by Crippen LogP contribution is -2.46. The Balaban J connectivity index is 0.00000196. The lowest BCUT2D eigenvalue weighted by molar-refractivity contribution is -0.122. The number of halogens is 1. The number of carbonyl (C=O) groups excluding carboxylic acids is 1. The summed E-state index contributed by atoms with van der Waals surface area (Å²) >= 11 is 0. The van der Waals surface area contributed by atoms with E-state index in [1.165, 1.54) is 0 Å². The quantitative estimate of drug-likeness (QED) is 0.756. The molecule has 1 heterocycles. The van der Waals surface area contributed by atoms with Crippen LogP contribution in [0.2, 0.25) is 0 Å². The van der Waals surface area contributed by atoms with E-state index in [4.69, 9.17) is 4.74 Å². The molecule has 0 spiro atoms. The van der Waals surface area contributed by atoms with Gasteiger partial charge < -0.3 is 15.4 Å². The Morgan fingerprint density at radius 2 is 2.33 bits per heavy atom. The number of nitrogens with one attached hydrogen (secondary N) is 2. The number of ether oxygens (including phenoxy) is 1. The fourth-order valence-corrected chi connectivity index (χ4v) is 1.76. The number of hydrogen-bond acceptors (Lipinski definition) is 3. The molecule has 4 nitrogen and oxygen atoms in total. The van der Waals surface area contributed by atoms with Crippen LogP contribution < -0.4 is 10.6 Å². The maximum Gasteiger partial charge on any atom is 0.222 e. The first kappa shape index (κ1) is 14.7. The molecule has 0 bridgehead atoms. The summed E-state index contributed by atoms with van der Waals surface area (Å²) in [6, 6.07) is 0.854. The van der Waals surface area contributed by atoms with Crippen LogP contribution in [0, 0.1) is 0 Å². The predicted molar refractivity (Wildman–Crippen MR) is 62.4 cm³/mol. The summed E-state index contributed by atoms with van der Waals surface area (Å²) < 4.78 is 4.85. The lowest BCUT2D eigenvalue weighted by atomic mass is 10.0. The minimum atomic E-state index is 0. The average Bonchev–Trinajstić information content (AvgIpc) is 2.15. The molecule has 1 saturated heterocycles. The van der Waals surface area contributed by atoms with Crippen molar-refractivity contribution in [2.24, 2.45) is 0 Å². The normalized spacial score (nSPS) is 25.5. The first-order chi connectivity index (χ1) is 6.72. The van der Waals surface area contributed by atoms with Crippen molar-refractivity contribution in [2.75, 3.05) is 20.3 Å². The molecule has 0 aromatic heterocycles. The van der Waals surface area contributed by atoms with E-state index in [0.717, 1.165) is 19.4 Å². The molecule has 0 aliphatic carbocycles. The number of amides is 1. The van der Waals surface area contributed by atoms with E-state index in [1.807, 2.05) is 0 Å². The molecule has 1 fully saturated rings. The number of carbonyl (C=O) groups is 1. The van der Waals surface area contributed by atoms with E-state index in [-0.39, 0.29) is 18.3 Å². The highest BCUT2D eigenvalue weighted by Crippen LogP contribution is 2.07. The van der Waals surface area contributed by atoms with Crippen LogP contribution in [-0.4, -0.2) is 38.3 Å². The third kappa shape index (κ3) is 5.97. The minimum Gasteiger partial charge on any atom is -0.384 e. The molecule has 90 valence electrons. The Morgan fingerprint density at radius 3 is 2.93 bits per heavy atom. The third-order valence-electron chi connectivity index (χ3n) is 2.52. The van der Waals surface area contributed by atoms with Crippen LogP contribution in [0.4, 0.5) is 0 Å². The van der Waals surface area contributed by atoms with Crippen molar-refractivity contribution in [3.8, 4) is 0 Å². The second-order valence-corrected chi connectivity index (χ2v) is 3.89. The van der Waals surface area contributed by atoms with E-state index < -0.39 is 0 Å². The molecule has 2 unspecified atom stereocenters. The van der Waals surface area contributed by atoms with Crippen LogP contribution >= 0.6 is 12.4 Å². The summed E-state index contributed by atoms with van der Waals surface area (Å²) in [6.45, 7) is 3.65. The number of rotatable bonds is 4. The van der Waals surface area contributed by atoms with Crippen LogP contribution in [0.25, 0.3) is 0 Å². The van der Waals surface area contributed by atoms with Crippen LogP contribution in [0.1, 0.15) is 26.2 Å². The van der Waals surface area contributed by atoms with Gasteiger partial charge in [0, 0.05) is 25.6 Å². The molecule has 1 aliphatic rings. The highest BCUT2D eigenvalue weighted by atomic mass is 35.5. The van der Waals surface area contributed by atoms with Gasteiger partial charge in [-0.25, -0.2) is 0 Å². The molecule has 1 rings (SSSR count). The van der Waals surface area contributed by atoms with Crippen molar-refractivity contribution < 1.29 is 9.53 Å². The molecular weight excluding hydrogens is 216 g/mol. The Labute approximate surface area is 97.5 Å². The molecule has 1 aliphatic heterocycles. The van der Waals surface area contributed by atoms with Gasteiger partial charge in [-0.15, -0.1) is 12.4 Å². The molecule has 5 heteroatoms. The van der Waals surface area contributed by atoms with Crippen LogP contribution in [0.5, 0.6) is 0 Å². The van der Waals surface area contributed by atoms with Gasteiger partial charge in [0.1, 0.15) is 0 Å². The van der Waals surface area contributed by atoms with Gasteiger partial charge in [0.2, 0.25) is 5.91 Å². The molecule has 2 N–H and O–H groups in total. The summed E-state index contributed by atoms with van der Waals surface area (Å²) in [6.07, 6.45) is 2.52. The van der Waals surface area contributed by atoms with Crippen LogP contribution in [0.15, 0.2) is 0 Å². The molecule has 0 aromatic rings. The van der Waals surface area contributed by atoms with Gasteiger partial charge in [0.15, 0.2) is 0 Å². The predicted octanol–water partition coefficient (Wildman–Crippen LogP) is 0.701. The van der Waals surface area contributed by atoms with E-state index in [2.05, 4.69) is 17.6 Å². The molecule has 15 heavy (non-hydrogen) atoms. The fourth-order valence-electron chi connectivity index (χ4n) is 1.76. The first-order valence-corrected chi connectivity index (χ1v) is 5.24. The molecular formula is C10H21ClN2O2. The smallest absolute Gasteiger partial charge is 0.222 e. The highest BCUT2D eigenvalue weighted by molar-refractivity contribution is 5.85. The molecule has 1 amide bonds. The summed E-state index contributed by atoms with van der Waals surface area (Å²) in [7, 11) is 1.61. The summed E-state index contributed by atoms with van der Waals surface area (Å²) in [4.78, 5) is 11.4. The SMILES string of the molecule is COCCC(=O)NC1CCNC(C)C1.Cl. The highest BCUT2D eigenvalue weighted by Gasteiger charge is 2.19. The van der Waals surface area contributed by atoms with Gasteiger partial charge in [0.25, 0.3) is 0 Å². The topological polar surface area (TPSA) is 50.4 Å². The van der Waals surface area contributed by atoms with Crippen molar-refractivity contribution in [3.05, 3.63) is 0 Å². The molecule has 0 aromatic carbocycles. The van der Waals surface area contributed by atoms with Crippen LogP contribution in [-0.2, 0) is 9.53 Å². The van der Waals surface area contributed by atoms with Gasteiger partial charge in [-0.1, -0.05) is 0 Å². The van der Waals surface area contributed by atoms with E-state index >= 15 is 0 Å².